The van der Waals surface area contributed by atoms with Crippen molar-refractivity contribution in [3.05, 3.63) is 103 Å². The summed E-state index contributed by atoms with van der Waals surface area (Å²) in [4.78, 5) is 11.0. The third kappa shape index (κ3) is 2.67. The van der Waals surface area contributed by atoms with Crippen LogP contribution in [-0.2, 0) is 6.42 Å². The fourth-order valence-electron chi connectivity index (χ4n) is 4.72. The first kappa shape index (κ1) is 17.5. The van der Waals surface area contributed by atoms with Crippen molar-refractivity contribution in [1.29, 1.82) is 0 Å². The zero-order valence-corrected chi connectivity index (χ0v) is 16.2. The number of fused-ring (bicyclic) bond motifs is 5. The van der Waals surface area contributed by atoms with E-state index in [9.17, 15) is 10.1 Å². The third-order valence-corrected chi connectivity index (χ3v) is 6.45. The van der Waals surface area contributed by atoms with Gasteiger partial charge in [0.15, 0.2) is 0 Å². The van der Waals surface area contributed by atoms with E-state index in [-0.39, 0.29) is 28.5 Å². The van der Waals surface area contributed by atoms with Gasteiger partial charge in [-0.3, -0.25) is 10.1 Å². The molecule has 0 aromatic heterocycles. The number of nitro groups is 1. The summed E-state index contributed by atoms with van der Waals surface area (Å²) >= 11 is 12.6. The van der Waals surface area contributed by atoms with E-state index in [0.717, 1.165) is 23.2 Å². The van der Waals surface area contributed by atoms with Crippen LogP contribution in [0.2, 0.25) is 10.0 Å². The number of non-ortho nitro benzene ring substituents is 1. The van der Waals surface area contributed by atoms with Gasteiger partial charge in [-0.25, -0.2) is 0 Å². The van der Waals surface area contributed by atoms with Crippen LogP contribution in [0, 0.1) is 16.0 Å². The standard InChI is InChI=1S/C22H16Cl2N2O2/c23-13-5-7-16(19(24)10-13)22-18-9-12-3-1-2-4-15(12)21(18)17-11-14(26(27)28)6-8-20(17)25-22/h1-8,10-11,18,21-22,25H,9H2/t18-,21+,22+/m1/s1. The topological polar surface area (TPSA) is 55.2 Å². The summed E-state index contributed by atoms with van der Waals surface area (Å²) in [6, 6.07) is 19.0. The highest BCUT2D eigenvalue weighted by molar-refractivity contribution is 6.35. The third-order valence-electron chi connectivity index (χ3n) is 5.89. The average Bonchev–Trinajstić information content (AvgIpc) is 3.07. The SMILES string of the molecule is O=[N+]([O-])c1ccc2c(c1)[C@@H]1c3ccccc3C[C@H]1[C@H](c1ccc(Cl)cc1Cl)N2. The van der Waals surface area contributed by atoms with Gasteiger partial charge in [-0.1, -0.05) is 53.5 Å². The highest BCUT2D eigenvalue weighted by Gasteiger charge is 2.44. The van der Waals surface area contributed by atoms with Crippen molar-refractivity contribution < 1.29 is 4.92 Å². The lowest BCUT2D eigenvalue weighted by Gasteiger charge is -2.38. The second-order valence-electron chi connectivity index (χ2n) is 7.36. The largest absolute Gasteiger partial charge is 0.378 e. The Balaban J connectivity index is 1.70. The van der Waals surface area contributed by atoms with Crippen LogP contribution in [0.1, 0.15) is 34.2 Å². The van der Waals surface area contributed by atoms with Gasteiger partial charge in [-0.15, -0.1) is 0 Å². The zero-order chi connectivity index (χ0) is 19.4. The number of nitrogens with one attached hydrogen (secondary N) is 1. The van der Waals surface area contributed by atoms with Gasteiger partial charge in [0.1, 0.15) is 0 Å². The van der Waals surface area contributed by atoms with Crippen LogP contribution in [0.15, 0.2) is 60.7 Å². The lowest BCUT2D eigenvalue weighted by molar-refractivity contribution is -0.384. The molecule has 3 atom stereocenters. The number of hydrogen-bond donors (Lipinski definition) is 1. The molecule has 1 aliphatic heterocycles. The van der Waals surface area contributed by atoms with E-state index in [1.807, 2.05) is 24.3 Å². The molecule has 0 saturated carbocycles. The Kier molecular flexibility index (Phi) is 4.07. The summed E-state index contributed by atoms with van der Waals surface area (Å²) in [5.74, 6) is 0.301. The maximum atomic E-state index is 11.3. The molecule has 28 heavy (non-hydrogen) atoms. The number of rotatable bonds is 2. The minimum absolute atomic E-state index is 0.00359. The predicted molar refractivity (Wildman–Crippen MR) is 111 cm³/mol. The molecule has 5 rings (SSSR count). The molecule has 6 heteroatoms. The highest BCUT2D eigenvalue weighted by Crippen LogP contribution is 2.55. The second-order valence-corrected chi connectivity index (χ2v) is 8.20. The Morgan fingerprint density at radius 2 is 1.79 bits per heavy atom. The summed E-state index contributed by atoms with van der Waals surface area (Å²) in [6.45, 7) is 0. The summed E-state index contributed by atoms with van der Waals surface area (Å²) in [6.07, 6.45) is 0.888. The van der Waals surface area contributed by atoms with Crippen LogP contribution in [0.25, 0.3) is 0 Å². The second kappa shape index (κ2) is 6.50. The fraction of sp³-hybridized carbons (Fsp3) is 0.182. The normalized spacial score (nSPS) is 22.0. The molecule has 1 N–H and O–H groups in total. The van der Waals surface area contributed by atoms with Gasteiger partial charge in [0.05, 0.1) is 11.0 Å². The van der Waals surface area contributed by atoms with E-state index in [4.69, 9.17) is 23.2 Å². The van der Waals surface area contributed by atoms with Crippen molar-refractivity contribution in [3.63, 3.8) is 0 Å². The first-order valence-corrected chi connectivity index (χ1v) is 9.86. The van der Waals surface area contributed by atoms with Crippen LogP contribution >= 0.6 is 23.2 Å². The van der Waals surface area contributed by atoms with E-state index in [1.54, 1.807) is 24.3 Å². The summed E-state index contributed by atoms with van der Waals surface area (Å²) < 4.78 is 0. The molecule has 0 unspecified atom stereocenters. The predicted octanol–water partition coefficient (Wildman–Crippen LogP) is 6.37. The minimum Gasteiger partial charge on any atom is -0.378 e. The molecule has 140 valence electrons. The number of nitrogens with zero attached hydrogens (tertiary/aromatic N) is 1. The quantitative estimate of drug-likeness (QED) is 0.394. The molecule has 1 heterocycles. The summed E-state index contributed by atoms with van der Waals surface area (Å²) in [7, 11) is 0. The molecular weight excluding hydrogens is 395 g/mol. The first-order chi connectivity index (χ1) is 13.5. The Morgan fingerprint density at radius 3 is 2.57 bits per heavy atom. The molecule has 0 bridgehead atoms. The summed E-state index contributed by atoms with van der Waals surface area (Å²) in [5, 5.41) is 16.2. The number of halogens is 2. The van der Waals surface area contributed by atoms with Crippen LogP contribution in [0.5, 0.6) is 0 Å². The van der Waals surface area contributed by atoms with Gasteiger partial charge in [0.2, 0.25) is 0 Å². The van der Waals surface area contributed by atoms with Gasteiger partial charge in [-0.2, -0.15) is 0 Å². The van der Waals surface area contributed by atoms with Crippen molar-refractivity contribution in [2.24, 2.45) is 5.92 Å². The van der Waals surface area contributed by atoms with Crippen LogP contribution in [-0.4, -0.2) is 4.92 Å². The Hall–Kier alpha value is -2.56. The zero-order valence-electron chi connectivity index (χ0n) is 14.7. The molecule has 0 saturated heterocycles. The number of anilines is 1. The van der Waals surface area contributed by atoms with E-state index in [0.29, 0.717) is 10.0 Å². The molecule has 0 fully saturated rings. The molecule has 2 aliphatic rings. The molecular formula is C22H16Cl2N2O2. The van der Waals surface area contributed by atoms with Gasteiger partial charge in [-0.05, 0) is 52.8 Å². The minimum atomic E-state index is -0.335. The Morgan fingerprint density at radius 1 is 0.964 bits per heavy atom. The number of nitro benzene ring substituents is 1. The number of benzene rings is 3. The van der Waals surface area contributed by atoms with Crippen molar-refractivity contribution in [2.75, 3.05) is 5.32 Å². The van der Waals surface area contributed by atoms with Crippen molar-refractivity contribution in [3.8, 4) is 0 Å². The van der Waals surface area contributed by atoms with Crippen LogP contribution < -0.4 is 5.32 Å². The van der Waals surface area contributed by atoms with E-state index in [1.165, 1.54) is 11.1 Å². The highest BCUT2D eigenvalue weighted by atomic mass is 35.5. The molecule has 0 spiro atoms. The molecule has 4 nitrogen and oxygen atoms in total. The lowest BCUT2D eigenvalue weighted by atomic mass is 9.75. The van der Waals surface area contributed by atoms with E-state index in [2.05, 4.69) is 17.4 Å². The summed E-state index contributed by atoms with van der Waals surface area (Å²) in [5.41, 5.74) is 5.54. The van der Waals surface area contributed by atoms with E-state index >= 15 is 0 Å². The van der Waals surface area contributed by atoms with Crippen molar-refractivity contribution in [1.82, 2.24) is 0 Å². The van der Waals surface area contributed by atoms with Crippen molar-refractivity contribution in [2.45, 2.75) is 18.4 Å². The lowest BCUT2D eigenvalue weighted by Crippen LogP contribution is -2.30. The van der Waals surface area contributed by atoms with E-state index < -0.39 is 0 Å². The van der Waals surface area contributed by atoms with Crippen LogP contribution in [0.3, 0.4) is 0 Å². The Labute approximate surface area is 172 Å². The van der Waals surface area contributed by atoms with Gasteiger partial charge in [0, 0.05) is 33.8 Å². The monoisotopic (exact) mass is 410 g/mol. The molecule has 3 aromatic rings. The number of hydrogen-bond acceptors (Lipinski definition) is 3. The van der Waals surface area contributed by atoms with Crippen LogP contribution in [0.4, 0.5) is 11.4 Å². The van der Waals surface area contributed by atoms with Gasteiger partial charge in [0.25, 0.3) is 5.69 Å². The van der Waals surface area contributed by atoms with Gasteiger partial charge >= 0.3 is 0 Å². The Bertz CT molecular complexity index is 1120. The van der Waals surface area contributed by atoms with Gasteiger partial charge < -0.3 is 5.32 Å². The van der Waals surface area contributed by atoms with Crippen molar-refractivity contribution >= 4 is 34.6 Å². The maximum Gasteiger partial charge on any atom is 0.269 e. The first-order valence-electron chi connectivity index (χ1n) is 9.10. The molecule has 1 aliphatic carbocycles. The molecule has 0 amide bonds. The molecule has 3 aromatic carbocycles. The fourth-order valence-corrected chi connectivity index (χ4v) is 5.25. The average molecular weight is 411 g/mol. The smallest absolute Gasteiger partial charge is 0.269 e. The molecule has 0 radical (unpaired) electrons. The maximum absolute atomic E-state index is 11.3.